The van der Waals surface area contributed by atoms with Gasteiger partial charge in [0.05, 0.1) is 6.04 Å². The van der Waals surface area contributed by atoms with Gasteiger partial charge in [-0.25, -0.2) is 0 Å². The first kappa shape index (κ1) is 15.0. The Labute approximate surface area is 121 Å². The molecule has 1 saturated carbocycles. The van der Waals surface area contributed by atoms with Crippen molar-refractivity contribution in [3.63, 3.8) is 0 Å². The fraction of sp³-hybridized carbons (Fsp3) is 0.588. The second-order valence-electron chi connectivity index (χ2n) is 5.92. The maximum atomic E-state index is 12.1. The summed E-state index contributed by atoms with van der Waals surface area (Å²) in [5.74, 6) is 0.842. The van der Waals surface area contributed by atoms with Crippen molar-refractivity contribution >= 4 is 5.91 Å². The lowest BCUT2D eigenvalue weighted by atomic mass is 10.0. The zero-order valence-corrected chi connectivity index (χ0v) is 12.3. The summed E-state index contributed by atoms with van der Waals surface area (Å²) in [7, 11) is 0. The van der Waals surface area contributed by atoms with E-state index in [4.69, 9.17) is 5.73 Å². The maximum Gasteiger partial charge on any atom is 0.237 e. The topological polar surface area (TPSA) is 55.1 Å². The second-order valence-corrected chi connectivity index (χ2v) is 5.92. The van der Waals surface area contributed by atoms with Gasteiger partial charge in [0.15, 0.2) is 0 Å². The van der Waals surface area contributed by atoms with Crippen LogP contribution in [0.25, 0.3) is 0 Å². The van der Waals surface area contributed by atoms with Crippen LogP contribution in [0.15, 0.2) is 30.3 Å². The monoisotopic (exact) mass is 274 g/mol. The molecule has 1 aromatic carbocycles. The molecule has 0 saturated heterocycles. The number of carbonyl (C=O) groups excluding carboxylic acids is 1. The van der Waals surface area contributed by atoms with E-state index in [0.29, 0.717) is 12.5 Å². The van der Waals surface area contributed by atoms with Crippen LogP contribution < -0.4 is 11.1 Å². The summed E-state index contributed by atoms with van der Waals surface area (Å²) in [4.78, 5) is 12.1. The Balaban J connectivity index is 1.73. The molecule has 2 unspecified atom stereocenters. The van der Waals surface area contributed by atoms with Gasteiger partial charge < -0.3 is 11.1 Å². The van der Waals surface area contributed by atoms with E-state index in [1.165, 1.54) is 18.4 Å². The predicted octanol–water partition coefficient (Wildman–Crippen LogP) is 2.64. The minimum Gasteiger partial charge on any atom is -0.352 e. The van der Waals surface area contributed by atoms with E-state index < -0.39 is 6.04 Å². The first-order valence-electron chi connectivity index (χ1n) is 7.79. The van der Waals surface area contributed by atoms with Gasteiger partial charge in [-0.3, -0.25) is 4.79 Å². The molecule has 0 radical (unpaired) electrons. The van der Waals surface area contributed by atoms with Crippen molar-refractivity contribution in [1.29, 1.82) is 0 Å². The molecule has 0 aromatic heterocycles. The summed E-state index contributed by atoms with van der Waals surface area (Å²) in [5, 5.41) is 3.11. The minimum absolute atomic E-state index is 0.00781. The summed E-state index contributed by atoms with van der Waals surface area (Å²) in [6.45, 7) is 2.13. The van der Waals surface area contributed by atoms with E-state index in [1.54, 1.807) is 0 Å². The molecule has 0 spiro atoms. The Morgan fingerprint density at radius 1 is 1.35 bits per heavy atom. The molecule has 1 aliphatic rings. The first-order chi connectivity index (χ1) is 9.69. The van der Waals surface area contributed by atoms with Crippen molar-refractivity contribution in [2.75, 3.05) is 0 Å². The summed E-state index contributed by atoms with van der Waals surface area (Å²) in [6, 6.07) is 10.1. The predicted molar refractivity (Wildman–Crippen MR) is 82.3 cm³/mol. The average molecular weight is 274 g/mol. The zero-order valence-electron chi connectivity index (χ0n) is 12.3. The van der Waals surface area contributed by atoms with Gasteiger partial charge in [0.1, 0.15) is 0 Å². The van der Waals surface area contributed by atoms with E-state index in [-0.39, 0.29) is 5.91 Å². The first-order valence-corrected chi connectivity index (χ1v) is 7.79. The molecule has 2 atom stereocenters. The smallest absolute Gasteiger partial charge is 0.237 e. The van der Waals surface area contributed by atoms with E-state index in [1.807, 2.05) is 18.2 Å². The number of nitrogens with two attached hydrogens (primary N) is 1. The third-order valence-corrected chi connectivity index (χ3v) is 4.08. The van der Waals surface area contributed by atoms with Crippen molar-refractivity contribution in [2.45, 2.75) is 57.5 Å². The number of benzene rings is 1. The van der Waals surface area contributed by atoms with Gasteiger partial charge >= 0.3 is 0 Å². The molecule has 3 heteroatoms. The molecule has 2 rings (SSSR count). The Kier molecular flexibility index (Phi) is 5.60. The van der Waals surface area contributed by atoms with E-state index in [0.717, 1.165) is 25.2 Å². The quantitative estimate of drug-likeness (QED) is 0.765. The third kappa shape index (κ3) is 4.97. The SMILES string of the molecule is CCC(CC1CC1)NC(=O)C(N)CCc1ccccc1. The van der Waals surface area contributed by atoms with Gasteiger partial charge in [0, 0.05) is 6.04 Å². The molecule has 1 aliphatic carbocycles. The molecule has 0 bridgehead atoms. The molecule has 3 nitrogen and oxygen atoms in total. The van der Waals surface area contributed by atoms with Crippen molar-refractivity contribution < 1.29 is 4.79 Å². The molecular weight excluding hydrogens is 248 g/mol. The van der Waals surface area contributed by atoms with Gasteiger partial charge in [0.2, 0.25) is 5.91 Å². The summed E-state index contributed by atoms with van der Waals surface area (Å²) < 4.78 is 0. The molecule has 0 heterocycles. The molecule has 1 aromatic rings. The van der Waals surface area contributed by atoms with Crippen LogP contribution in [0, 0.1) is 5.92 Å². The van der Waals surface area contributed by atoms with Crippen molar-refractivity contribution in [3.05, 3.63) is 35.9 Å². The van der Waals surface area contributed by atoms with E-state index in [9.17, 15) is 4.79 Å². The zero-order chi connectivity index (χ0) is 14.4. The summed E-state index contributed by atoms with van der Waals surface area (Å²) >= 11 is 0. The number of aryl methyl sites for hydroxylation is 1. The number of hydrogen-bond acceptors (Lipinski definition) is 2. The van der Waals surface area contributed by atoms with Gasteiger partial charge in [-0.15, -0.1) is 0 Å². The average Bonchev–Trinajstić information content (AvgIpc) is 3.29. The maximum absolute atomic E-state index is 12.1. The van der Waals surface area contributed by atoms with Crippen molar-refractivity contribution in [3.8, 4) is 0 Å². The molecule has 20 heavy (non-hydrogen) atoms. The van der Waals surface area contributed by atoms with Crippen LogP contribution in [0.1, 0.15) is 44.6 Å². The van der Waals surface area contributed by atoms with Crippen LogP contribution in [0.3, 0.4) is 0 Å². The van der Waals surface area contributed by atoms with Crippen LogP contribution in [-0.2, 0) is 11.2 Å². The highest BCUT2D eigenvalue weighted by Gasteiger charge is 2.26. The normalized spacial score (nSPS) is 17.5. The fourth-order valence-electron chi connectivity index (χ4n) is 2.49. The Bertz CT molecular complexity index is 414. The third-order valence-electron chi connectivity index (χ3n) is 4.08. The van der Waals surface area contributed by atoms with Gasteiger partial charge in [-0.05, 0) is 37.2 Å². The molecule has 1 fully saturated rings. The highest BCUT2D eigenvalue weighted by Crippen LogP contribution is 2.34. The van der Waals surface area contributed by atoms with Gasteiger partial charge in [-0.2, -0.15) is 0 Å². The largest absolute Gasteiger partial charge is 0.352 e. The molecule has 3 N–H and O–H groups in total. The van der Waals surface area contributed by atoms with Crippen LogP contribution >= 0.6 is 0 Å². The highest BCUT2D eigenvalue weighted by atomic mass is 16.2. The summed E-state index contributed by atoms with van der Waals surface area (Å²) in [6.07, 6.45) is 6.32. The Morgan fingerprint density at radius 2 is 2.05 bits per heavy atom. The number of hydrogen-bond donors (Lipinski definition) is 2. The Morgan fingerprint density at radius 3 is 2.65 bits per heavy atom. The van der Waals surface area contributed by atoms with E-state index in [2.05, 4.69) is 24.4 Å². The Hall–Kier alpha value is -1.35. The van der Waals surface area contributed by atoms with Gasteiger partial charge in [-0.1, -0.05) is 50.1 Å². The standard InChI is InChI=1S/C17H26N2O/c1-2-15(12-14-8-9-14)19-17(20)16(18)11-10-13-6-4-3-5-7-13/h3-7,14-16H,2,8-12,18H2,1H3,(H,19,20). The van der Waals surface area contributed by atoms with Crippen LogP contribution in [0.5, 0.6) is 0 Å². The molecule has 0 aliphatic heterocycles. The molecule has 1 amide bonds. The summed E-state index contributed by atoms with van der Waals surface area (Å²) in [5.41, 5.74) is 7.24. The van der Waals surface area contributed by atoms with E-state index >= 15 is 0 Å². The lowest BCUT2D eigenvalue weighted by Gasteiger charge is -2.19. The number of rotatable bonds is 8. The van der Waals surface area contributed by atoms with Gasteiger partial charge in [0.25, 0.3) is 0 Å². The second kappa shape index (κ2) is 7.44. The highest BCUT2D eigenvalue weighted by molar-refractivity contribution is 5.81. The lowest BCUT2D eigenvalue weighted by molar-refractivity contribution is -0.123. The van der Waals surface area contributed by atoms with Crippen LogP contribution in [-0.4, -0.2) is 18.0 Å². The fourth-order valence-corrected chi connectivity index (χ4v) is 2.49. The number of carbonyl (C=O) groups is 1. The lowest BCUT2D eigenvalue weighted by Crippen LogP contribution is -2.45. The minimum atomic E-state index is -0.400. The van der Waals surface area contributed by atoms with Crippen molar-refractivity contribution in [1.82, 2.24) is 5.32 Å². The number of amides is 1. The van der Waals surface area contributed by atoms with Crippen LogP contribution in [0.2, 0.25) is 0 Å². The molecule has 110 valence electrons. The number of nitrogens with one attached hydrogen (secondary N) is 1. The van der Waals surface area contributed by atoms with Crippen molar-refractivity contribution in [2.24, 2.45) is 11.7 Å². The molecular formula is C17H26N2O. The van der Waals surface area contributed by atoms with Crippen LogP contribution in [0.4, 0.5) is 0 Å².